The third kappa shape index (κ3) is 2.85. The lowest BCUT2D eigenvalue weighted by Gasteiger charge is -2.31. The number of aromatic nitrogens is 1. The summed E-state index contributed by atoms with van der Waals surface area (Å²) < 4.78 is 4.91. The molecule has 5 heteroatoms. The molecule has 0 bridgehead atoms. The standard InChI is InChI=1S/C12H18N2O3/c1-9-7-11(13-17-9)12(16)14-5-2-3-10(8-14)4-6-15/h7,10,15H,2-6,8H2,1H3. The van der Waals surface area contributed by atoms with E-state index in [4.69, 9.17) is 9.63 Å². The van der Waals surface area contributed by atoms with Gasteiger partial charge in [-0.15, -0.1) is 0 Å². The van der Waals surface area contributed by atoms with Crippen molar-refractivity contribution in [3.63, 3.8) is 0 Å². The minimum Gasteiger partial charge on any atom is -0.396 e. The van der Waals surface area contributed by atoms with Crippen molar-refractivity contribution in [1.29, 1.82) is 0 Å². The molecular formula is C12H18N2O3. The van der Waals surface area contributed by atoms with E-state index < -0.39 is 0 Å². The van der Waals surface area contributed by atoms with Crippen molar-refractivity contribution >= 4 is 5.91 Å². The number of carbonyl (C=O) groups excluding carboxylic acids is 1. The van der Waals surface area contributed by atoms with Crippen LogP contribution in [0.5, 0.6) is 0 Å². The first-order valence-electron chi connectivity index (χ1n) is 6.04. The van der Waals surface area contributed by atoms with Crippen molar-refractivity contribution in [2.24, 2.45) is 5.92 Å². The number of hydrogen-bond donors (Lipinski definition) is 1. The maximum Gasteiger partial charge on any atom is 0.276 e. The third-order valence-electron chi connectivity index (χ3n) is 3.19. The summed E-state index contributed by atoms with van der Waals surface area (Å²) in [5.74, 6) is 0.993. The number of likely N-dealkylation sites (tertiary alicyclic amines) is 1. The Labute approximate surface area is 100 Å². The van der Waals surface area contributed by atoms with E-state index in [0.717, 1.165) is 25.8 Å². The molecule has 1 saturated heterocycles. The van der Waals surface area contributed by atoms with Gasteiger partial charge >= 0.3 is 0 Å². The zero-order valence-corrected chi connectivity index (χ0v) is 10.1. The summed E-state index contributed by atoms with van der Waals surface area (Å²) in [4.78, 5) is 13.9. The Hall–Kier alpha value is -1.36. The second-order valence-electron chi connectivity index (χ2n) is 4.59. The highest BCUT2D eigenvalue weighted by Gasteiger charge is 2.25. The second kappa shape index (κ2) is 5.31. The lowest BCUT2D eigenvalue weighted by Crippen LogP contribution is -2.40. The van der Waals surface area contributed by atoms with Crippen LogP contribution in [0.1, 0.15) is 35.5 Å². The number of carbonyl (C=O) groups is 1. The van der Waals surface area contributed by atoms with E-state index in [1.165, 1.54) is 0 Å². The average molecular weight is 238 g/mol. The third-order valence-corrected chi connectivity index (χ3v) is 3.19. The second-order valence-corrected chi connectivity index (χ2v) is 4.59. The van der Waals surface area contributed by atoms with Gasteiger partial charge in [-0.25, -0.2) is 0 Å². The van der Waals surface area contributed by atoms with Gasteiger partial charge in [0.2, 0.25) is 0 Å². The molecule has 1 aliphatic rings. The summed E-state index contributed by atoms with van der Waals surface area (Å²) >= 11 is 0. The van der Waals surface area contributed by atoms with Crippen LogP contribution >= 0.6 is 0 Å². The van der Waals surface area contributed by atoms with Gasteiger partial charge in [0.05, 0.1) is 0 Å². The minimum atomic E-state index is -0.0653. The van der Waals surface area contributed by atoms with Crippen LogP contribution in [-0.4, -0.2) is 40.8 Å². The van der Waals surface area contributed by atoms with E-state index in [0.29, 0.717) is 23.9 Å². The summed E-state index contributed by atoms with van der Waals surface area (Å²) in [7, 11) is 0. The molecule has 2 heterocycles. The average Bonchev–Trinajstić information content (AvgIpc) is 2.76. The molecule has 1 unspecified atom stereocenters. The van der Waals surface area contributed by atoms with Crippen LogP contribution in [-0.2, 0) is 0 Å². The van der Waals surface area contributed by atoms with Gasteiger partial charge in [0.15, 0.2) is 5.69 Å². The topological polar surface area (TPSA) is 66.6 Å². The Balaban J connectivity index is 1.99. The molecule has 0 aliphatic carbocycles. The number of hydrogen-bond acceptors (Lipinski definition) is 4. The molecule has 1 aromatic rings. The molecule has 1 aromatic heterocycles. The summed E-state index contributed by atoms with van der Waals surface area (Å²) in [5.41, 5.74) is 0.382. The first-order chi connectivity index (χ1) is 8.20. The Morgan fingerprint density at radius 3 is 3.18 bits per heavy atom. The molecule has 1 aliphatic heterocycles. The van der Waals surface area contributed by atoms with E-state index in [2.05, 4.69) is 5.16 Å². The van der Waals surface area contributed by atoms with Crippen molar-refractivity contribution < 1.29 is 14.4 Å². The fourth-order valence-corrected chi connectivity index (χ4v) is 2.30. The van der Waals surface area contributed by atoms with Crippen LogP contribution in [0.4, 0.5) is 0 Å². The molecular weight excluding hydrogens is 220 g/mol. The Kier molecular flexibility index (Phi) is 3.78. The molecule has 5 nitrogen and oxygen atoms in total. The molecule has 0 radical (unpaired) electrons. The minimum absolute atomic E-state index is 0.0653. The molecule has 1 amide bonds. The smallest absolute Gasteiger partial charge is 0.276 e. The summed E-state index contributed by atoms with van der Waals surface area (Å²) in [5, 5.41) is 12.7. The molecule has 1 N–H and O–H groups in total. The predicted octanol–water partition coefficient (Wildman–Crippen LogP) is 1.22. The lowest BCUT2D eigenvalue weighted by molar-refractivity contribution is 0.0643. The number of aliphatic hydroxyl groups excluding tert-OH is 1. The van der Waals surface area contributed by atoms with E-state index in [9.17, 15) is 4.79 Å². The summed E-state index contributed by atoms with van der Waals surface area (Å²) in [6.07, 6.45) is 2.84. The highest BCUT2D eigenvalue weighted by atomic mass is 16.5. The lowest BCUT2D eigenvalue weighted by atomic mass is 9.95. The molecule has 17 heavy (non-hydrogen) atoms. The number of aliphatic hydroxyl groups is 1. The fraction of sp³-hybridized carbons (Fsp3) is 0.667. The van der Waals surface area contributed by atoms with Crippen LogP contribution in [0, 0.1) is 12.8 Å². The highest BCUT2D eigenvalue weighted by molar-refractivity contribution is 5.92. The largest absolute Gasteiger partial charge is 0.396 e. The van der Waals surface area contributed by atoms with Crippen molar-refractivity contribution in [3.05, 3.63) is 17.5 Å². The van der Waals surface area contributed by atoms with Crippen LogP contribution in [0.2, 0.25) is 0 Å². The predicted molar refractivity (Wildman–Crippen MR) is 61.6 cm³/mol. The van der Waals surface area contributed by atoms with Gasteiger partial charge in [-0.3, -0.25) is 4.79 Å². The first-order valence-corrected chi connectivity index (χ1v) is 6.04. The fourth-order valence-electron chi connectivity index (χ4n) is 2.30. The van der Waals surface area contributed by atoms with Gasteiger partial charge in [0.1, 0.15) is 5.76 Å². The quantitative estimate of drug-likeness (QED) is 0.859. The normalized spacial score (nSPS) is 20.6. The summed E-state index contributed by atoms with van der Waals surface area (Å²) in [6, 6.07) is 1.66. The Morgan fingerprint density at radius 1 is 1.71 bits per heavy atom. The van der Waals surface area contributed by atoms with E-state index in [1.54, 1.807) is 17.9 Å². The molecule has 2 rings (SSSR count). The number of aryl methyl sites for hydroxylation is 1. The van der Waals surface area contributed by atoms with Gasteiger partial charge in [0, 0.05) is 25.8 Å². The van der Waals surface area contributed by atoms with Crippen molar-refractivity contribution in [2.75, 3.05) is 19.7 Å². The summed E-state index contributed by atoms with van der Waals surface area (Å²) in [6.45, 7) is 3.45. The highest BCUT2D eigenvalue weighted by Crippen LogP contribution is 2.20. The van der Waals surface area contributed by atoms with Gasteiger partial charge in [0.25, 0.3) is 5.91 Å². The zero-order valence-electron chi connectivity index (χ0n) is 10.1. The van der Waals surface area contributed by atoms with Crippen LogP contribution in [0.15, 0.2) is 10.6 Å². The monoisotopic (exact) mass is 238 g/mol. The zero-order chi connectivity index (χ0) is 12.3. The first kappa shape index (κ1) is 12.1. The van der Waals surface area contributed by atoms with Crippen molar-refractivity contribution in [1.82, 2.24) is 10.1 Å². The number of piperidine rings is 1. The Morgan fingerprint density at radius 2 is 2.53 bits per heavy atom. The van der Waals surface area contributed by atoms with Gasteiger partial charge in [-0.05, 0) is 32.1 Å². The van der Waals surface area contributed by atoms with Crippen LogP contribution in [0.3, 0.4) is 0 Å². The maximum atomic E-state index is 12.1. The molecule has 1 fully saturated rings. The number of nitrogens with zero attached hydrogens (tertiary/aromatic N) is 2. The Bertz CT molecular complexity index is 387. The van der Waals surface area contributed by atoms with E-state index in [-0.39, 0.29) is 12.5 Å². The van der Waals surface area contributed by atoms with Crippen molar-refractivity contribution in [2.45, 2.75) is 26.2 Å². The number of amides is 1. The van der Waals surface area contributed by atoms with Crippen molar-refractivity contribution in [3.8, 4) is 0 Å². The molecule has 94 valence electrons. The van der Waals surface area contributed by atoms with Gasteiger partial charge < -0.3 is 14.5 Å². The van der Waals surface area contributed by atoms with E-state index in [1.807, 2.05) is 0 Å². The van der Waals surface area contributed by atoms with Crippen LogP contribution < -0.4 is 0 Å². The van der Waals surface area contributed by atoms with Gasteiger partial charge in [-0.2, -0.15) is 0 Å². The van der Waals surface area contributed by atoms with Gasteiger partial charge in [-0.1, -0.05) is 5.16 Å². The van der Waals surface area contributed by atoms with E-state index >= 15 is 0 Å². The molecule has 1 atom stereocenters. The molecule has 0 aromatic carbocycles. The molecule has 0 saturated carbocycles. The van der Waals surface area contributed by atoms with Crippen LogP contribution in [0.25, 0.3) is 0 Å². The molecule has 0 spiro atoms. The maximum absolute atomic E-state index is 12.1. The SMILES string of the molecule is Cc1cc(C(=O)N2CCCC(CCO)C2)no1. The number of rotatable bonds is 3.